The molecule has 7 nitrogen and oxygen atoms in total. The molecule has 26 heavy (non-hydrogen) atoms. The number of aromatic nitrogens is 5. The number of quaternary nitrogens is 1. The molecule has 4 rings (SSSR count). The van der Waals surface area contributed by atoms with E-state index in [1.54, 1.807) is 4.90 Å². The van der Waals surface area contributed by atoms with Crippen LogP contribution >= 0.6 is 11.3 Å². The largest absolute Gasteiger partial charge is 0.857 e. The van der Waals surface area contributed by atoms with E-state index in [1.807, 2.05) is 29.9 Å². The summed E-state index contributed by atoms with van der Waals surface area (Å²) in [5, 5.41) is 22.6. The molecule has 3 aromatic rings. The number of likely N-dealkylation sites (tertiary alicyclic amines) is 1. The summed E-state index contributed by atoms with van der Waals surface area (Å²) >= 11 is 1.83. The highest BCUT2D eigenvalue weighted by atomic mass is 32.1. The smallest absolute Gasteiger partial charge is 0.181 e. The monoisotopic (exact) mass is 372 g/mol. The summed E-state index contributed by atoms with van der Waals surface area (Å²) in [4.78, 5) is 11.7. The van der Waals surface area contributed by atoms with E-state index in [9.17, 15) is 5.11 Å². The Morgan fingerprint density at radius 3 is 3.04 bits per heavy atom. The third-order valence-corrected chi connectivity index (χ3v) is 5.90. The van der Waals surface area contributed by atoms with Gasteiger partial charge in [-0.2, -0.15) is 0 Å². The standard InChI is InChI=1S/C18H24N6OS/c1-12(2)16-19-17-15(18(25)20-16)21-22-24(17)10-13-5-3-7-23(9-13)11-14-6-4-8-26-14/h4,6,8,12-13H,3,5,7,9-11H2,1-2H3,(H,19,20,25)/t13-/m0/s1. The molecule has 1 unspecified atom stereocenters. The summed E-state index contributed by atoms with van der Waals surface area (Å²) in [6.45, 7) is 8.17. The van der Waals surface area contributed by atoms with Crippen LogP contribution in [0.15, 0.2) is 17.5 Å². The second kappa shape index (κ2) is 7.28. The first kappa shape index (κ1) is 17.4. The van der Waals surface area contributed by atoms with Gasteiger partial charge < -0.3 is 10.0 Å². The van der Waals surface area contributed by atoms with Gasteiger partial charge >= 0.3 is 0 Å². The van der Waals surface area contributed by atoms with Crippen molar-refractivity contribution in [1.82, 2.24) is 25.0 Å². The molecule has 0 spiro atoms. The predicted molar refractivity (Wildman–Crippen MR) is 98.1 cm³/mol. The van der Waals surface area contributed by atoms with Crippen LogP contribution in [0.1, 0.15) is 43.3 Å². The van der Waals surface area contributed by atoms with Crippen LogP contribution in [-0.2, 0) is 13.1 Å². The summed E-state index contributed by atoms with van der Waals surface area (Å²) < 4.78 is 1.81. The molecule has 0 aliphatic carbocycles. The number of hydrogen-bond acceptors (Lipinski definition) is 6. The third-order valence-electron chi connectivity index (χ3n) is 5.02. The Morgan fingerprint density at radius 2 is 2.27 bits per heavy atom. The zero-order chi connectivity index (χ0) is 18.1. The highest BCUT2D eigenvalue weighted by Gasteiger charge is 2.25. The molecular weight excluding hydrogens is 348 g/mol. The lowest BCUT2D eigenvalue weighted by atomic mass is 9.98. The van der Waals surface area contributed by atoms with Crippen LogP contribution in [0, 0.1) is 5.92 Å². The number of nitrogens with one attached hydrogen (secondary N) is 1. The van der Waals surface area contributed by atoms with E-state index in [4.69, 9.17) is 0 Å². The first-order valence-electron chi connectivity index (χ1n) is 9.24. The Bertz CT molecular complexity index is 875. The van der Waals surface area contributed by atoms with Gasteiger partial charge in [-0.1, -0.05) is 25.1 Å². The topological polar surface area (TPSA) is 84.0 Å². The Balaban J connectivity index is 1.51. The predicted octanol–water partition coefficient (Wildman–Crippen LogP) is 0.975. The molecule has 0 radical (unpaired) electrons. The van der Waals surface area contributed by atoms with Gasteiger partial charge in [0.15, 0.2) is 5.65 Å². The molecule has 3 aromatic heterocycles. The minimum Gasteiger partial charge on any atom is -0.857 e. The van der Waals surface area contributed by atoms with Gasteiger partial charge in [-0.3, -0.25) is 0 Å². The highest BCUT2D eigenvalue weighted by molar-refractivity contribution is 7.09. The lowest BCUT2D eigenvalue weighted by Gasteiger charge is -2.29. The molecule has 1 saturated heterocycles. The van der Waals surface area contributed by atoms with E-state index in [1.165, 1.54) is 24.3 Å². The van der Waals surface area contributed by atoms with Gasteiger partial charge in [0.25, 0.3) is 0 Å². The molecule has 1 N–H and O–H groups in total. The lowest BCUT2D eigenvalue weighted by Crippen LogP contribution is -3.12. The van der Waals surface area contributed by atoms with E-state index in [0.717, 1.165) is 19.6 Å². The number of thiophene rings is 1. The first-order valence-corrected chi connectivity index (χ1v) is 10.1. The molecule has 0 aromatic carbocycles. The molecule has 0 bridgehead atoms. The number of nitrogens with zero attached hydrogens (tertiary/aromatic N) is 5. The lowest BCUT2D eigenvalue weighted by molar-refractivity contribution is -0.922. The van der Waals surface area contributed by atoms with Gasteiger partial charge in [0.1, 0.15) is 17.9 Å². The fourth-order valence-electron chi connectivity index (χ4n) is 3.70. The summed E-state index contributed by atoms with van der Waals surface area (Å²) in [5.41, 5.74) is 0.868. The average molecular weight is 372 g/mol. The minimum atomic E-state index is -0.321. The van der Waals surface area contributed by atoms with Crippen molar-refractivity contribution < 1.29 is 10.0 Å². The maximum atomic E-state index is 12.2. The quantitative estimate of drug-likeness (QED) is 0.722. The summed E-state index contributed by atoms with van der Waals surface area (Å²) in [7, 11) is 0. The Morgan fingerprint density at radius 1 is 1.38 bits per heavy atom. The molecule has 2 atom stereocenters. The molecule has 0 amide bonds. The van der Waals surface area contributed by atoms with E-state index in [2.05, 4.69) is 37.8 Å². The Kier molecular flexibility index (Phi) is 4.86. The average Bonchev–Trinajstić information content (AvgIpc) is 3.26. The Hall–Kier alpha value is -2.06. The van der Waals surface area contributed by atoms with Crippen LogP contribution in [0.25, 0.3) is 11.2 Å². The van der Waals surface area contributed by atoms with Crippen molar-refractivity contribution in [3.05, 3.63) is 28.2 Å². The number of hydrogen-bond donors (Lipinski definition) is 1. The van der Waals surface area contributed by atoms with E-state index in [-0.39, 0.29) is 17.3 Å². The Labute approximate surface area is 156 Å². The molecular formula is C18H24N6OS. The van der Waals surface area contributed by atoms with Crippen molar-refractivity contribution in [2.75, 3.05) is 13.1 Å². The summed E-state index contributed by atoms with van der Waals surface area (Å²) in [6, 6.07) is 4.33. The maximum absolute atomic E-state index is 12.2. The third kappa shape index (κ3) is 3.57. The van der Waals surface area contributed by atoms with Crippen LogP contribution in [0.3, 0.4) is 0 Å². The normalized spacial score (nSPS) is 20.9. The van der Waals surface area contributed by atoms with Crippen LogP contribution < -0.4 is 10.0 Å². The van der Waals surface area contributed by atoms with Crippen molar-refractivity contribution in [1.29, 1.82) is 0 Å². The highest BCUT2D eigenvalue weighted by Crippen LogP contribution is 2.21. The maximum Gasteiger partial charge on any atom is 0.181 e. The van der Waals surface area contributed by atoms with Gasteiger partial charge in [0.05, 0.1) is 24.5 Å². The first-order chi connectivity index (χ1) is 12.6. The van der Waals surface area contributed by atoms with Crippen LogP contribution in [0.5, 0.6) is 5.88 Å². The van der Waals surface area contributed by atoms with Gasteiger partial charge in [0, 0.05) is 17.7 Å². The van der Waals surface area contributed by atoms with Crippen molar-refractivity contribution >= 4 is 22.5 Å². The molecule has 8 heteroatoms. The van der Waals surface area contributed by atoms with Crippen LogP contribution in [0.4, 0.5) is 0 Å². The fourth-order valence-corrected chi connectivity index (χ4v) is 4.48. The number of rotatable bonds is 5. The molecule has 1 aliphatic heterocycles. The van der Waals surface area contributed by atoms with Crippen molar-refractivity contribution in [3.63, 3.8) is 0 Å². The van der Waals surface area contributed by atoms with Gasteiger partial charge in [-0.05, 0) is 24.3 Å². The van der Waals surface area contributed by atoms with Gasteiger partial charge in [0.2, 0.25) is 0 Å². The number of piperidine rings is 1. The van der Waals surface area contributed by atoms with Crippen LogP contribution in [0.2, 0.25) is 0 Å². The minimum absolute atomic E-state index is 0.107. The van der Waals surface area contributed by atoms with Crippen molar-refractivity contribution in [2.45, 2.75) is 45.7 Å². The molecule has 0 saturated carbocycles. The van der Waals surface area contributed by atoms with Crippen molar-refractivity contribution in [3.8, 4) is 5.88 Å². The van der Waals surface area contributed by atoms with Gasteiger partial charge in [-0.15, -0.1) is 16.4 Å². The fraction of sp³-hybridized carbons (Fsp3) is 0.556. The van der Waals surface area contributed by atoms with E-state index < -0.39 is 0 Å². The second-order valence-corrected chi connectivity index (χ2v) is 8.49. The van der Waals surface area contributed by atoms with E-state index >= 15 is 0 Å². The molecule has 1 aliphatic rings. The second-order valence-electron chi connectivity index (χ2n) is 7.45. The summed E-state index contributed by atoms with van der Waals surface area (Å²) in [5.74, 6) is 0.880. The van der Waals surface area contributed by atoms with Crippen LogP contribution in [-0.4, -0.2) is 38.1 Å². The molecule has 1 fully saturated rings. The zero-order valence-electron chi connectivity index (χ0n) is 15.2. The number of fused-ring (bicyclic) bond motifs is 1. The van der Waals surface area contributed by atoms with E-state index in [0.29, 0.717) is 17.4 Å². The zero-order valence-corrected chi connectivity index (χ0v) is 16.0. The SMILES string of the molecule is CC(C)c1nc([O-])c2nnn(C[C@H]3CCC[NH+](Cc4cccs4)C3)c2n1. The van der Waals surface area contributed by atoms with Gasteiger partial charge in [-0.25, -0.2) is 14.6 Å². The summed E-state index contributed by atoms with van der Waals surface area (Å²) in [6.07, 6.45) is 2.40. The molecule has 4 heterocycles. The van der Waals surface area contributed by atoms with Crippen molar-refractivity contribution in [2.24, 2.45) is 5.92 Å². The molecule has 138 valence electrons.